The Labute approximate surface area is 184 Å². The Morgan fingerprint density at radius 1 is 0.724 bits per heavy atom. The Morgan fingerprint density at radius 3 is 1.24 bits per heavy atom. The Bertz CT molecular complexity index is 649. The van der Waals surface area contributed by atoms with E-state index in [1.165, 1.54) is 11.1 Å². The quantitative estimate of drug-likeness (QED) is 0.483. The zero-order valence-corrected chi connectivity index (χ0v) is 21.8. The molecule has 0 spiro atoms. The van der Waals surface area contributed by atoms with Crippen molar-refractivity contribution in [1.82, 2.24) is 0 Å². The second-order valence-corrected chi connectivity index (χ2v) is 14.8. The molecule has 0 aromatic heterocycles. The van der Waals surface area contributed by atoms with Gasteiger partial charge in [0, 0.05) is 20.3 Å². The number of aliphatic hydroxyl groups is 2. The van der Waals surface area contributed by atoms with Gasteiger partial charge in [0.1, 0.15) is 0 Å². The summed E-state index contributed by atoms with van der Waals surface area (Å²) in [6.45, 7) is 27.0. The molecule has 2 aliphatic rings. The maximum atomic E-state index is 11.0. The van der Waals surface area contributed by atoms with Crippen LogP contribution >= 0.6 is 11.8 Å². The lowest BCUT2D eigenvalue weighted by atomic mass is 9.57. The fourth-order valence-electron chi connectivity index (χ4n) is 5.23. The van der Waals surface area contributed by atoms with E-state index >= 15 is 0 Å². The number of hydrogen-bond acceptors (Lipinski definition) is 3. The molecular formula is C26H46O2S. The fraction of sp³-hybridized carbons (Fsp3) is 0.846. The third-order valence-electron chi connectivity index (χ3n) is 9.08. The molecule has 2 aliphatic carbocycles. The molecule has 0 saturated carbocycles. The predicted molar refractivity (Wildman–Crippen MR) is 128 cm³/mol. The van der Waals surface area contributed by atoms with Crippen LogP contribution in [-0.4, -0.2) is 31.9 Å². The van der Waals surface area contributed by atoms with Gasteiger partial charge in [-0.05, 0) is 51.4 Å². The zero-order chi connectivity index (χ0) is 22.8. The Kier molecular flexibility index (Phi) is 6.16. The van der Waals surface area contributed by atoms with Gasteiger partial charge in [0.05, 0.1) is 12.2 Å². The van der Waals surface area contributed by atoms with E-state index < -0.39 is 12.2 Å². The molecule has 2 rings (SSSR count). The number of hydrogen-bond donors (Lipinski definition) is 2. The second-order valence-electron chi connectivity index (χ2n) is 12.8. The van der Waals surface area contributed by atoms with E-state index in [-0.39, 0.29) is 31.2 Å². The van der Waals surface area contributed by atoms with Crippen molar-refractivity contribution in [3.8, 4) is 0 Å². The molecule has 0 bridgehead atoms. The van der Waals surface area contributed by atoms with Crippen molar-refractivity contribution in [2.24, 2.45) is 21.7 Å². The Morgan fingerprint density at radius 2 is 1.00 bits per heavy atom. The molecule has 6 unspecified atom stereocenters. The van der Waals surface area contributed by atoms with E-state index in [9.17, 15) is 10.2 Å². The summed E-state index contributed by atoms with van der Waals surface area (Å²) >= 11 is 2.04. The van der Waals surface area contributed by atoms with Crippen molar-refractivity contribution < 1.29 is 10.2 Å². The Balaban J connectivity index is 2.50. The van der Waals surface area contributed by atoms with Gasteiger partial charge >= 0.3 is 0 Å². The van der Waals surface area contributed by atoms with E-state index in [0.717, 1.165) is 12.8 Å². The highest BCUT2D eigenvalue weighted by Gasteiger charge is 2.56. The first-order valence-corrected chi connectivity index (χ1v) is 12.0. The van der Waals surface area contributed by atoms with Gasteiger partial charge in [-0.15, -0.1) is 11.8 Å². The van der Waals surface area contributed by atoms with Crippen molar-refractivity contribution in [2.75, 3.05) is 0 Å². The summed E-state index contributed by atoms with van der Waals surface area (Å²) < 4.78 is -0.127. The van der Waals surface area contributed by atoms with Crippen LogP contribution in [0, 0.1) is 21.7 Å². The smallest absolute Gasteiger partial charge is 0.0783 e. The van der Waals surface area contributed by atoms with Crippen molar-refractivity contribution in [2.45, 2.75) is 118 Å². The first-order chi connectivity index (χ1) is 12.7. The van der Waals surface area contributed by atoms with Gasteiger partial charge in [0.2, 0.25) is 0 Å². The number of thioether (sulfide) groups is 1. The first kappa shape index (κ1) is 25.0. The average Bonchev–Trinajstić information content (AvgIpc) is 2.49. The van der Waals surface area contributed by atoms with Crippen molar-refractivity contribution in [3.05, 3.63) is 23.3 Å². The van der Waals surface area contributed by atoms with E-state index in [2.05, 4.69) is 95.2 Å². The van der Waals surface area contributed by atoms with E-state index in [1.54, 1.807) is 0 Å². The molecule has 168 valence electrons. The van der Waals surface area contributed by atoms with Crippen molar-refractivity contribution >= 4 is 11.8 Å². The van der Waals surface area contributed by atoms with Crippen LogP contribution in [0.3, 0.4) is 0 Å². The summed E-state index contributed by atoms with van der Waals surface area (Å²) in [4.78, 5) is 0. The summed E-state index contributed by atoms with van der Waals surface area (Å²) in [6, 6.07) is 0. The van der Waals surface area contributed by atoms with Crippen LogP contribution in [0.15, 0.2) is 23.3 Å². The van der Waals surface area contributed by atoms with Gasteiger partial charge in [-0.3, -0.25) is 0 Å². The van der Waals surface area contributed by atoms with Gasteiger partial charge in [0.15, 0.2) is 0 Å². The van der Waals surface area contributed by atoms with Gasteiger partial charge < -0.3 is 10.2 Å². The molecule has 2 N–H and O–H groups in total. The lowest BCUT2D eigenvalue weighted by Gasteiger charge is -2.57. The van der Waals surface area contributed by atoms with Gasteiger partial charge in [-0.25, -0.2) is 0 Å². The third-order valence-corrected chi connectivity index (χ3v) is 10.9. The lowest BCUT2D eigenvalue weighted by Crippen LogP contribution is -2.54. The molecule has 3 heteroatoms. The first-order valence-electron chi connectivity index (χ1n) is 11.2. The van der Waals surface area contributed by atoms with Crippen LogP contribution in [0.4, 0.5) is 0 Å². The van der Waals surface area contributed by atoms with Crippen LogP contribution in [0.1, 0.15) is 95.9 Å². The zero-order valence-electron chi connectivity index (χ0n) is 21.0. The summed E-state index contributed by atoms with van der Waals surface area (Å²) in [7, 11) is 0. The highest BCUT2D eigenvalue weighted by molar-refractivity contribution is 8.02. The molecule has 2 nitrogen and oxygen atoms in total. The summed E-state index contributed by atoms with van der Waals surface area (Å²) in [5.41, 5.74) is 2.16. The number of rotatable bonds is 2. The van der Waals surface area contributed by atoms with Crippen LogP contribution in [-0.2, 0) is 0 Å². The van der Waals surface area contributed by atoms with Gasteiger partial charge in [0.25, 0.3) is 0 Å². The molecule has 0 heterocycles. The minimum Gasteiger partial charge on any atom is -0.388 e. The minimum absolute atomic E-state index is 0.0000908. The molecule has 0 fully saturated rings. The summed E-state index contributed by atoms with van der Waals surface area (Å²) in [5, 5.41) is 22.0. The molecule has 0 amide bonds. The fourth-order valence-corrected chi connectivity index (χ4v) is 7.43. The third kappa shape index (κ3) is 4.01. The molecule has 0 aliphatic heterocycles. The molecule has 0 saturated heterocycles. The highest BCUT2D eigenvalue weighted by Crippen LogP contribution is 2.62. The molecule has 29 heavy (non-hydrogen) atoms. The topological polar surface area (TPSA) is 40.5 Å². The minimum atomic E-state index is -0.423. The largest absolute Gasteiger partial charge is 0.388 e. The van der Waals surface area contributed by atoms with Crippen LogP contribution in [0.5, 0.6) is 0 Å². The van der Waals surface area contributed by atoms with Crippen molar-refractivity contribution in [1.29, 1.82) is 0 Å². The number of aliphatic hydroxyl groups excluding tert-OH is 2. The lowest BCUT2D eigenvalue weighted by molar-refractivity contribution is -0.0351. The van der Waals surface area contributed by atoms with E-state index in [4.69, 9.17) is 0 Å². The van der Waals surface area contributed by atoms with Crippen LogP contribution in [0.25, 0.3) is 0 Å². The molecular weight excluding hydrogens is 376 g/mol. The Hall–Kier alpha value is -0.250. The van der Waals surface area contributed by atoms with Gasteiger partial charge in [-0.1, -0.05) is 78.7 Å². The van der Waals surface area contributed by atoms with Crippen LogP contribution < -0.4 is 0 Å². The summed E-state index contributed by atoms with van der Waals surface area (Å²) in [5.74, 6) is 0. The summed E-state index contributed by atoms with van der Waals surface area (Å²) in [6.07, 6.45) is 5.24. The average molecular weight is 423 g/mol. The maximum Gasteiger partial charge on any atom is 0.0783 e. The standard InChI is InChI=1S/C26H46O2S/c1-17-13-19(27)23(9,21(3,4)5)15-25(17,11)29-26(12)16-24(10,22(6,7)8)20(28)14-18(26)2/h13-14,19-20,27-28H,15-16H2,1-12H3. The SMILES string of the molecule is CC1=CC(O)C(C)(C(C)(C)C)CC1(C)SC1(C)CC(C)(C(C)(C)C)C(O)C=C1C. The van der Waals surface area contributed by atoms with Crippen molar-refractivity contribution in [3.63, 3.8) is 0 Å². The molecule has 6 atom stereocenters. The van der Waals surface area contributed by atoms with E-state index in [1.807, 2.05) is 11.8 Å². The van der Waals surface area contributed by atoms with E-state index in [0.29, 0.717) is 0 Å². The van der Waals surface area contributed by atoms with Crippen LogP contribution in [0.2, 0.25) is 0 Å². The second kappa shape index (κ2) is 7.14. The normalized spacial score (nSPS) is 44.3. The maximum absolute atomic E-state index is 11.0. The van der Waals surface area contributed by atoms with Gasteiger partial charge in [-0.2, -0.15) is 0 Å². The molecule has 0 aromatic carbocycles. The monoisotopic (exact) mass is 422 g/mol. The predicted octanol–water partition coefficient (Wildman–Crippen LogP) is 6.76. The highest BCUT2D eigenvalue weighted by atomic mass is 32.2. The molecule has 0 radical (unpaired) electrons. The molecule has 0 aromatic rings.